The van der Waals surface area contributed by atoms with Crippen LogP contribution in [0.3, 0.4) is 0 Å². The molecule has 7 heteroatoms. The van der Waals surface area contributed by atoms with E-state index in [0.29, 0.717) is 18.4 Å². The number of hydrogen-bond donors (Lipinski definition) is 2. The lowest BCUT2D eigenvalue weighted by molar-refractivity contribution is -0.210. The molecule has 0 amide bonds. The van der Waals surface area contributed by atoms with Crippen LogP contribution in [0.15, 0.2) is 23.8 Å². The van der Waals surface area contributed by atoms with Crippen LogP contribution < -0.4 is 0 Å². The molecule has 164 valence electrons. The number of Topliss-reactive ketones (excluding diaryl/α,β-unsaturated/α-hetero) is 1. The SMILES string of the molecule is CC(=O)OCC(=O)[C@@]1(O)CC[C@H]2[C@@H]3C=CC4=CC(=O)CC[C@]4(C)[C@@]3(F)C(O)C[C@@]21C. The normalized spacial score (nSPS) is 47.1. The van der Waals surface area contributed by atoms with Crippen molar-refractivity contribution in [2.45, 2.75) is 70.2 Å². The maximum absolute atomic E-state index is 16.9. The number of carbonyl (C=O) groups excluding carboxylic acids is 3. The number of aliphatic hydroxyl groups excluding tert-OH is 1. The summed E-state index contributed by atoms with van der Waals surface area (Å²) in [4.78, 5) is 35.9. The molecule has 0 aliphatic heterocycles. The zero-order valence-electron chi connectivity index (χ0n) is 17.6. The highest BCUT2D eigenvalue weighted by molar-refractivity contribution is 5.92. The lowest BCUT2D eigenvalue weighted by Gasteiger charge is -2.61. The van der Waals surface area contributed by atoms with Crippen molar-refractivity contribution in [1.29, 1.82) is 0 Å². The van der Waals surface area contributed by atoms with Gasteiger partial charge in [-0.1, -0.05) is 26.0 Å². The minimum Gasteiger partial charge on any atom is -0.458 e. The van der Waals surface area contributed by atoms with Crippen LogP contribution >= 0.6 is 0 Å². The molecule has 4 aliphatic rings. The molecule has 0 heterocycles. The van der Waals surface area contributed by atoms with Gasteiger partial charge >= 0.3 is 5.97 Å². The number of rotatable bonds is 3. The Kier molecular flexibility index (Phi) is 4.68. The van der Waals surface area contributed by atoms with Crippen molar-refractivity contribution in [1.82, 2.24) is 0 Å². The van der Waals surface area contributed by atoms with Crippen molar-refractivity contribution in [2.75, 3.05) is 6.61 Å². The summed E-state index contributed by atoms with van der Waals surface area (Å²) in [5.41, 5.74) is -5.27. The van der Waals surface area contributed by atoms with Crippen LogP contribution in [-0.2, 0) is 19.1 Å². The summed E-state index contributed by atoms with van der Waals surface area (Å²) in [5, 5.41) is 22.5. The second kappa shape index (κ2) is 6.57. The first-order valence-electron chi connectivity index (χ1n) is 10.6. The average Bonchev–Trinajstić information content (AvgIpc) is 2.94. The highest BCUT2D eigenvalue weighted by Gasteiger charge is 2.73. The van der Waals surface area contributed by atoms with Crippen molar-refractivity contribution < 1.29 is 33.7 Å². The highest BCUT2D eigenvalue weighted by atomic mass is 19.1. The van der Waals surface area contributed by atoms with Crippen molar-refractivity contribution in [3.05, 3.63) is 23.8 Å². The molecule has 0 aromatic carbocycles. The standard InChI is InChI=1S/C23H29FO6/c1-13(25)30-12-19(28)22(29)9-7-16-17-5-4-14-10-15(26)6-8-20(14,2)23(17,24)18(27)11-21(16,22)3/h4-5,10,16-18,27,29H,6-9,11-12H2,1-3H3/t16-,17-,18?,20-,21-,22-,23-/m0/s1. The first-order chi connectivity index (χ1) is 13.9. The van der Waals surface area contributed by atoms with Gasteiger partial charge in [0.15, 0.2) is 18.1 Å². The molecule has 0 spiro atoms. The molecule has 4 rings (SSSR count). The maximum Gasteiger partial charge on any atom is 0.303 e. The summed E-state index contributed by atoms with van der Waals surface area (Å²) < 4.78 is 21.7. The summed E-state index contributed by atoms with van der Waals surface area (Å²) >= 11 is 0. The van der Waals surface area contributed by atoms with Crippen molar-refractivity contribution in [3.8, 4) is 0 Å². The second-order valence-corrected chi connectivity index (χ2v) is 9.90. The van der Waals surface area contributed by atoms with E-state index in [-0.39, 0.29) is 31.0 Å². The zero-order valence-corrected chi connectivity index (χ0v) is 17.6. The van der Waals surface area contributed by atoms with Crippen molar-refractivity contribution >= 4 is 17.5 Å². The second-order valence-electron chi connectivity index (χ2n) is 9.90. The smallest absolute Gasteiger partial charge is 0.303 e. The molecule has 7 atom stereocenters. The Morgan fingerprint density at radius 2 is 2.00 bits per heavy atom. The van der Waals surface area contributed by atoms with Gasteiger partial charge in [-0.15, -0.1) is 0 Å². The molecule has 2 fully saturated rings. The molecule has 0 bridgehead atoms. The fourth-order valence-corrected chi connectivity index (χ4v) is 6.77. The van der Waals surface area contributed by atoms with E-state index >= 15 is 4.39 Å². The van der Waals surface area contributed by atoms with E-state index in [0.717, 1.165) is 0 Å². The first-order valence-corrected chi connectivity index (χ1v) is 10.6. The molecule has 30 heavy (non-hydrogen) atoms. The first kappa shape index (κ1) is 21.4. The Morgan fingerprint density at radius 1 is 1.30 bits per heavy atom. The molecule has 2 saturated carbocycles. The molecule has 0 radical (unpaired) electrons. The molecule has 0 saturated heterocycles. The molecular weight excluding hydrogens is 391 g/mol. The van der Waals surface area contributed by atoms with Crippen LogP contribution in [0.25, 0.3) is 0 Å². The van der Waals surface area contributed by atoms with Crippen molar-refractivity contribution in [2.24, 2.45) is 22.7 Å². The Morgan fingerprint density at radius 3 is 2.67 bits per heavy atom. The van der Waals surface area contributed by atoms with Gasteiger partial charge < -0.3 is 14.9 Å². The molecule has 1 unspecified atom stereocenters. The minimum absolute atomic E-state index is 0.0457. The predicted molar refractivity (Wildman–Crippen MR) is 105 cm³/mol. The lowest BCUT2D eigenvalue weighted by atomic mass is 9.45. The Labute approximate surface area is 175 Å². The fraction of sp³-hybridized carbons (Fsp3) is 0.696. The fourth-order valence-electron chi connectivity index (χ4n) is 6.77. The van der Waals surface area contributed by atoms with E-state index < -0.39 is 52.5 Å². The lowest BCUT2D eigenvalue weighted by Crippen LogP contribution is -2.68. The van der Waals surface area contributed by atoms with Crippen LogP contribution in [0.4, 0.5) is 4.39 Å². The third kappa shape index (κ3) is 2.51. The number of ketones is 2. The van der Waals surface area contributed by atoms with Crippen molar-refractivity contribution in [3.63, 3.8) is 0 Å². The van der Waals surface area contributed by atoms with Gasteiger partial charge in [-0.2, -0.15) is 0 Å². The molecule has 2 N–H and O–H groups in total. The van der Waals surface area contributed by atoms with Gasteiger partial charge in [-0.3, -0.25) is 14.4 Å². The number of ether oxygens (including phenoxy) is 1. The Bertz CT molecular complexity index is 879. The number of carbonyl (C=O) groups is 3. The molecule has 0 aromatic rings. The van der Waals surface area contributed by atoms with Crippen LogP contribution in [-0.4, -0.2) is 51.7 Å². The molecule has 4 aliphatic carbocycles. The Hall–Kier alpha value is -1.86. The monoisotopic (exact) mass is 420 g/mol. The third-order valence-corrected chi connectivity index (χ3v) is 8.62. The quantitative estimate of drug-likeness (QED) is 0.679. The summed E-state index contributed by atoms with van der Waals surface area (Å²) in [6.07, 6.45) is 4.54. The van der Waals surface area contributed by atoms with E-state index in [9.17, 15) is 24.6 Å². The van der Waals surface area contributed by atoms with Gasteiger partial charge in [-0.05, 0) is 43.3 Å². The Balaban J connectivity index is 1.75. The summed E-state index contributed by atoms with van der Waals surface area (Å²) in [6, 6.07) is 0. The molecule has 0 aromatic heterocycles. The number of halogens is 1. The van der Waals surface area contributed by atoms with E-state index in [1.807, 2.05) is 0 Å². The summed E-state index contributed by atoms with van der Waals surface area (Å²) in [7, 11) is 0. The van der Waals surface area contributed by atoms with Crippen LogP contribution in [0.5, 0.6) is 0 Å². The number of aliphatic hydroxyl groups is 2. The zero-order chi connectivity index (χ0) is 22.1. The topological polar surface area (TPSA) is 101 Å². The van der Waals surface area contributed by atoms with E-state index in [4.69, 9.17) is 4.74 Å². The van der Waals surface area contributed by atoms with Gasteiger partial charge in [0.05, 0.1) is 6.10 Å². The van der Waals surface area contributed by atoms with Gasteiger partial charge in [0, 0.05) is 30.1 Å². The third-order valence-electron chi connectivity index (χ3n) is 8.62. The van der Waals surface area contributed by atoms with Crippen LogP contribution in [0.1, 0.15) is 52.9 Å². The van der Waals surface area contributed by atoms with E-state index in [1.54, 1.807) is 26.0 Å². The molecular formula is C23H29FO6. The maximum atomic E-state index is 16.9. The number of hydrogen-bond acceptors (Lipinski definition) is 6. The predicted octanol–water partition coefficient (Wildman–Crippen LogP) is 2.22. The summed E-state index contributed by atoms with van der Waals surface area (Å²) in [6.45, 7) is 4.13. The van der Waals surface area contributed by atoms with E-state index in [2.05, 4.69) is 0 Å². The van der Waals surface area contributed by atoms with Gasteiger partial charge in [0.1, 0.15) is 5.60 Å². The number of esters is 1. The largest absolute Gasteiger partial charge is 0.458 e. The van der Waals surface area contributed by atoms with Gasteiger partial charge in [0.2, 0.25) is 5.78 Å². The van der Waals surface area contributed by atoms with E-state index in [1.165, 1.54) is 13.0 Å². The highest BCUT2D eigenvalue weighted by Crippen LogP contribution is 2.68. The van der Waals surface area contributed by atoms with Gasteiger partial charge in [-0.25, -0.2) is 4.39 Å². The number of fused-ring (bicyclic) bond motifs is 5. The number of allylic oxidation sites excluding steroid dienone is 4. The van der Waals surface area contributed by atoms with Crippen LogP contribution in [0, 0.1) is 22.7 Å². The molecule has 6 nitrogen and oxygen atoms in total. The summed E-state index contributed by atoms with van der Waals surface area (Å²) in [5.74, 6) is -2.35. The number of alkyl halides is 1. The average molecular weight is 420 g/mol. The van der Waals surface area contributed by atoms with Gasteiger partial charge in [0.25, 0.3) is 0 Å². The van der Waals surface area contributed by atoms with Crippen LogP contribution in [0.2, 0.25) is 0 Å². The minimum atomic E-state index is -2.00.